The van der Waals surface area contributed by atoms with Crippen molar-refractivity contribution in [3.63, 3.8) is 0 Å². The molecule has 2 aromatic rings. The Morgan fingerprint density at radius 3 is 2.79 bits per heavy atom. The Kier molecular flexibility index (Phi) is 1.95. The molecule has 2 rings (SSSR count). The fraction of sp³-hybridized carbons (Fsp3) is 0.364. The molecule has 0 aliphatic heterocycles. The fourth-order valence-electron chi connectivity index (χ4n) is 1.31. The van der Waals surface area contributed by atoms with E-state index in [4.69, 9.17) is 4.74 Å². The number of imidazole rings is 1. The molecule has 3 nitrogen and oxygen atoms in total. The first kappa shape index (κ1) is 9.06. The van der Waals surface area contributed by atoms with Gasteiger partial charge in [-0.25, -0.2) is 4.98 Å². The highest BCUT2D eigenvalue weighted by Crippen LogP contribution is 2.18. The summed E-state index contributed by atoms with van der Waals surface area (Å²) >= 11 is 0. The standard InChI is InChI=1S/C11H14N2O/c1-11(2,3)14-9-4-5-10-12-6-7-13(10)8-9/h4-8H,1-3H3. The van der Waals surface area contributed by atoms with Crippen molar-refractivity contribution in [1.29, 1.82) is 0 Å². The van der Waals surface area contributed by atoms with Crippen LogP contribution in [0, 0.1) is 0 Å². The minimum Gasteiger partial charge on any atom is -0.487 e. The highest BCUT2D eigenvalue weighted by atomic mass is 16.5. The van der Waals surface area contributed by atoms with Crippen LogP contribution in [-0.4, -0.2) is 15.0 Å². The zero-order valence-corrected chi connectivity index (χ0v) is 8.69. The van der Waals surface area contributed by atoms with Crippen LogP contribution in [0.4, 0.5) is 0 Å². The van der Waals surface area contributed by atoms with Crippen molar-refractivity contribution in [3.8, 4) is 5.75 Å². The van der Waals surface area contributed by atoms with Gasteiger partial charge in [-0.2, -0.15) is 0 Å². The molecule has 74 valence electrons. The number of ether oxygens (including phenoxy) is 1. The number of hydrogen-bond donors (Lipinski definition) is 0. The van der Waals surface area contributed by atoms with Crippen LogP contribution in [0.3, 0.4) is 0 Å². The summed E-state index contributed by atoms with van der Waals surface area (Å²) in [6.45, 7) is 6.10. The van der Waals surface area contributed by atoms with E-state index in [2.05, 4.69) is 4.98 Å². The van der Waals surface area contributed by atoms with Gasteiger partial charge in [0.05, 0.1) is 6.20 Å². The summed E-state index contributed by atoms with van der Waals surface area (Å²) in [5.41, 5.74) is 0.778. The van der Waals surface area contributed by atoms with Gasteiger partial charge in [0.1, 0.15) is 17.0 Å². The van der Waals surface area contributed by atoms with Crippen LogP contribution in [0.1, 0.15) is 20.8 Å². The van der Waals surface area contributed by atoms with Gasteiger partial charge in [0.15, 0.2) is 0 Å². The van der Waals surface area contributed by atoms with Crippen molar-refractivity contribution in [3.05, 3.63) is 30.7 Å². The van der Waals surface area contributed by atoms with Gasteiger partial charge >= 0.3 is 0 Å². The topological polar surface area (TPSA) is 26.5 Å². The van der Waals surface area contributed by atoms with Gasteiger partial charge in [-0.1, -0.05) is 0 Å². The van der Waals surface area contributed by atoms with E-state index in [1.165, 1.54) is 0 Å². The monoisotopic (exact) mass is 190 g/mol. The SMILES string of the molecule is CC(C)(C)Oc1ccc2nccn2c1. The molecule has 0 aliphatic rings. The van der Waals surface area contributed by atoms with E-state index < -0.39 is 0 Å². The summed E-state index contributed by atoms with van der Waals surface area (Å²) in [4.78, 5) is 4.16. The van der Waals surface area contributed by atoms with Crippen molar-refractivity contribution in [2.75, 3.05) is 0 Å². The second kappa shape index (κ2) is 3.01. The molecule has 2 heterocycles. The zero-order valence-electron chi connectivity index (χ0n) is 8.69. The summed E-state index contributed by atoms with van der Waals surface area (Å²) in [5.74, 6) is 0.864. The molecule has 0 N–H and O–H groups in total. The molecule has 0 saturated carbocycles. The normalized spacial score (nSPS) is 11.9. The summed E-state index contributed by atoms with van der Waals surface area (Å²) in [7, 11) is 0. The predicted molar refractivity (Wildman–Crippen MR) is 55.6 cm³/mol. The molecule has 2 aromatic heterocycles. The Morgan fingerprint density at radius 1 is 1.29 bits per heavy atom. The summed E-state index contributed by atoms with van der Waals surface area (Å²) in [6.07, 6.45) is 5.62. The average molecular weight is 190 g/mol. The van der Waals surface area contributed by atoms with Crippen LogP contribution < -0.4 is 4.74 Å². The third-order valence-electron chi connectivity index (χ3n) is 1.79. The number of rotatable bonds is 1. The number of aromatic nitrogens is 2. The van der Waals surface area contributed by atoms with Crippen molar-refractivity contribution < 1.29 is 4.74 Å². The lowest BCUT2D eigenvalue weighted by Crippen LogP contribution is -2.23. The molecule has 0 fully saturated rings. The van der Waals surface area contributed by atoms with E-state index in [1.54, 1.807) is 6.20 Å². The summed E-state index contributed by atoms with van der Waals surface area (Å²) < 4.78 is 7.68. The second-order valence-electron chi connectivity index (χ2n) is 4.27. The number of fused-ring (bicyclic) bond motifs is 1. The Hall–Kier alpha value is -1.51. The minimum atomic E-state index is -0.158. The van der Waals surface area contributed by atoms with Gasteiger partial charge in [0.25, 0.3) is 0 Å². The minimum absolute atomic E-state index is 0.158. The Bertz CT molecular complexity index is 440. The van der Waals surface area contributed by atoms with Gasteiger partial charge in [-0.05, 0) is 32.9 Å². The molecule has 0 aromatic carbocycles. The fourth-order valence-corrected chi connectivity index (χ4v) is 1.31. The van der Waals surface area contributed by atoms with Gasteiger partial charge in [-0.3, -0.25) is 0 Å². The molecule has 0 amide bonds. The van der Waals surface area contributed by atoms with Crippen LogP contribution in [0.15, 0.2) is 30.7 Å². The Balaban J connectivity index is 2.35. The number of nitrogens with zero attached hydrogens (tertiary/aromatic N) is 2. The Labute approximate surface area is 83.3 Å². The highest BCUT2D eigenvalue weighted by Gasteiger charge is 2.11. The number of hydrogen-bond acceptors (Lipinski definition) is 2. The summed E-state index contributed by atoms with van der Waals surface area (Å²) in [5, 5.41) is 0. The third kappa shape index (κ3) is 1.87. The lowest BCUT2D eigenvalue weighted by Gasteiger charge is -2.21. The van der Waals surface area contributed by atoms with Crippen molar-refractivity contribution >= 4 is 5.65 Å². The van der Waals surface area contributed by atoms with Crippen LogP contribution in [0.2, 0.25) is 0 Å². The molecule has 0 atom stereocenters. The molecule has 0 spiro atoms. The Morgan fingerprint density at radius 2 is 2.07 bits per heavy atom. The first-order valence-electron chi connectivity index (χ1n) is 4.66. The van der Waals surface area contributed by atoms with Gasteiger partial charge in [-0.15, -0.1) is 0 Å². The molecule has 14 heavy (non-hydrogen) atoms. The smallest absolute Gasteiger partial charge is 0.136 e. The molecule has 3 heteroatoms. The molecule has 0 saturated heterocycles. The third-order valence-corrected chi connectivity index (χ3v) is 1.79. The quantitative estimate of drug-likeness (QED) is 0.690. The predicted octanol–water partition coefficient (Wildman–Crippen LogP) is 2.51. The van der Waals surface area contributed by atoms with E-state index in [9.17, 15) is 0 Å². The first-order valence-corrected chi connectivity index (χ1v) is 4.66. The van der Waals surface area contributed by atoms with Crippen LogP contribution in [0.25, 0.3) is 5.65 Å². The maximum absolute atomic E-state index is 5.73. The lowest BCUT2D eigenvalue weighted by atomic mass is 10.2. The molecule has 0 aliphatic carbocycles. The maximum Gasteiger partial charge on any atom is 0.136 e. The van der Waals surface area contributed by atoms with Crippen LogP contribution in [-0.2, 0) is 0 Å². The zero-order chi connectivity index (χ0) is 10.2. The van der Waals surface area contributed by atoms with Crippen molar-refractivity contribution in [2.45, 2.75) is 26.4 Å². The molecule has 0 unspecified atom stereocenters. The first-order chi connectivity index (χ1) is 6.54. The second-order valence-corrected chi connectivity index (χ2v) is 4.27. The van der Waals surface area contributed by atoms with Crippen LogP contribution >= 0.6 is 0 Å². The van der Waals surface area contributed by atoms with Gasteiger partial charge in [0.2, 0.25) is 0 Å². The maximum atomic E-state index is 5.73. The average Bonchev–Trinajstić information content (AvgIpc) is 2.47. The number of pyridine rings is 1. The van der Waals surface area contributed by atoms with E-state index in [0.29, 0.717) is 0 Å². The lowest BCUT2D eigenvalue weighted by molar-refractivity contribution is 0.130. The van der Waals surface area contributed by atoms with Gasteiger partial charge in [0, 0.05) is 12.4 Å². The van der Waals surface area contributed by atoms with Gasteiger partial charge < -0.3 is 9.14 Å². The van der Waals surface area contributed by atoms with Crippen molar-refractivity contribution in [1.82, 2.24) is 9.38 Å². The molecule has 0 radical (unpaired) electrons. The highest BCUT2D eigenvalue weighted by molar-refractivity contribution is 5.41. The molecular formula is C11H14N2O. The summed E-state index contributed by atoms with van der Waals surface area (Å²) in [6, 6.07) is 3.88. The molecular weight excluding hydrogens is 176 g/mol. The van der Waals surface area contributed by atoms with E-state index in [1.807, 2.05) is 49.7 Å². The molecule has 0 bridgehead atoms. The van der Waals surface area contributed by atoms with E-state index >= 15 is 0 Å². The van der Waals surface area contributed by atoms with E-state index in [0.717, 1.165) is 11.4 Å². The van der Waals surface area contributed by atoms with Crippen molar-refractivity contribution in [2.24, 2.45) is 0 Å². The largest absolute Gasteiger partial charge is 0.487 e. The van der Waals surface area contributed by atoms with E-state index in [-0.39, 0.29) is 5.60 Å². The van der Waals surface area contributed by atoms with Crippen LogP contribution in [0.5, 0.6) is 5.75 Å².